The first-order chi connectivity index (χ1) is 5.38. The molecular weight excluding hydrogens is 140 g/mol. The predicted octanol–water partition coefficient (Wildman–Crippen LogP) is -0.304. The van der Waals surface area contributed by atoms with Gasteiger partial charge in [-0.25, -0.2) is 0 Å². The normalized spacial score (nSPS) is 28.4. The summed E-state index contributed by atoms with van der Waals surface area (Å²) in [7, 11) is 0. The van der Waals surface area contributed by atoms with Gasteiger partial charge in [-0.2, -0.15) is 0 Å². The Morgan fingerprint density at radius 1 is 1.55 bits per heavy atom. The van der Waals surface area contributed by atoms with Gasteiger partial charge in [-0.3, -0.25) is 0 Å². The summed E-state index contributed by atoms with van der Waals surface area (Å²) < 4.78 is 0. The van der Waals surface area contributed by atoms with Crippen molar-refractivity contribution in [3.8, 4) is 0 Å². The molecule has 0 aromatic carbocycles. The van der Waals surface area contributed by atoms with E-state index in [-0.39, 0.29) is 12.5 Å². The second-order valence-electron chi connectivity index (χ2n) is 3.23. The van der Waals surface area contributed by atoms with Crippen molar-refractivity contribution in [2.24, 2.45) is 11.7 Å². The number of aliphatic hydroxyl groups excluding tert-OH is 1. The highest BCUT2D eigenvalue weighted by Gasteiger charge is 2.20. The van der Waals surface area contributed by atoms with E-state index in [2.05, 4.69) is 5.32 Å². The molecule has 0 saturated carbocycles. The monoisotopic (exact) mass is 158 g/mol. The summed E-state index contributed by atoms with van der Waals surface area (Å²) in [6, 6.07) is 0.457. The lowest BCUT2D eigenvalue weighted by Crippen LogP contribution is -2.44. The van der Waals surface area contributed by atoms with Crippen LogP contribution in [-0.2, 0) is 0 Å². The molecule has 4 N–H and O–H groups in total. The van der Waals surface area contributed by atoms with Gasteiger partial charge in [-0.05, 0) is 25.9 Å². The molecule has 3 nitrogen and oxygen atoms in total. The third-order valence-corrected chi connectivity index (χ3v) is 2.45. The van der Waals surface area contributed by atoms with Crippen LogP contribution < -0.4 is 11.1 Å². The quantitative estimate of drug-likeness (QED) is 0.528. The van der Waals surface area contributed by atoms with Gasteiger partial charge in [0.25, 0.3) is 0 Å². The Balaban J connectivity index is 2.30. The van der Waals surface area contributed by atoms with Crippen LogP contribution in [-0.4, -0.2) is 30.8 Å². The number of rotatable bonds is 3. The number of hydrogen-bond acceptors (Lipinski definition) is 3. The summed E-state index contributed by atoms with van der Waals surface area (Å²) in [5.41, 5.74) is 5.51. The van der Waals surface area contributed by atoms with E-state index in [1.54, 1.807) is 0 Å². The Morgan fingerprint density at radius 2 is 2.36 bits per heavy atom. The highest BCUT2D eigenvalue weighted by atomic mass is 16.3. The lowest BCUT2D eigenvalue weighted by atomic mass is 9.93. The van der Waals surface area contributed by atoms with Crippen LogP contribution in [0.15, 0.2) is 0 Å². The topological polar surface area (TPSA) is 58.3 Å². The summed E-state index contributed by atoms with van der Waals surface area (Å²) in [6.07, 6.45) is 3.70. The molecule has 2 atom stereocenters. The molecule has 0 aromatic rings. The molecule has 1 rings (SSSR count). The van der Waals surface area contributed by atoms with Gasteiger partial charge in [0.05, 0.1) is 0 Å². The zero-order valence-electron chi connectivity index (χ0n) is 6.92. The van der Waals surface area contributed by atoms with Crippen molar-refractivity contribution in [2.75, 3.05) is 19.7 Å². The molecule has 1 fully saturated rings. The second kappa shape index (κ2) is 4.70. The fourth-order valence-corrected chi connectivity index (χ4v) is 1.65. The zero-order valence-corrected chi connectivity index (χ0v) is 6.92. The van der Waals surface area contributed by atoms with Crippen LogP contribution >= 0.6 is 0 Å². The lowest BCUT2D eigenvalue weighted by Gasteiger charge is -2.29. The average Bonchev–Trinajstić information content (AvgIpc) is 2.09. The number of aliphatic hydroxyl groups is 1. The molecule has 1 saturated heterocycles. The van der Waals surface area contributed by atoms with Gasteiger partial charge >= 0.3 is 0 Å². The predicted molar refractivity (Wildman–Crippen MR) is 45.3 cm³/mol. The SMILES string of the molecule is NCC(CO)C1CCCCN1. The largest absolute Gasteiger partial charge is 0.396 e. The van der Waals surface area contributed by atoms with E-state index in [1.807, 2.05) is 0 Å². The standard InChI is InChI=1S/C8H18N2O/c9-5-7(6-11)8-3-1-2-4-10-8/h7-8,10-11H,1-6,9H2. The van der Waals surface area contributed by atoms with E-state index < -0.39 is 0 Å². The Bertz CT molecular complexity index is 98.3. The minimum atomic E-state index is 0.216. The highest BCUT2D eigenvalue weighted by Crippen LogP contribution is 2.13. The molecule has 1 aliphatic heterocycles. The van der Waals surface area contributed by atoms with Gasteiger partial charge in [-0.15, -0.1) is 0 Å². The molecule has 0 amide bonds. The maximum Gasteiger partial charge on any atom is 0.0486 e. The van der Waals surface area contributed by atoms with E-state index >= 15 is 0 Å². The summed E-state index contributed by atoms with van der Waals surface area (Å²) in [4.78, 5) is 0. The number of nitrogens with one attached hydrogen (secondary N) is 1. The Hall–Kier alpha value is -0.120. The number of nitrogens with two attached hydrogens (primary N) is 1. The Kier molecular flexibility index (Phi) is 3.83. The van der Waals surface area contributed by atoms with Crippen molar-refractivity contribution in [3.63, 3.8) is 0 Å². The molecule has 1 aliphatic rings. The number of hydrogen-bond donors (Lipinski definition) is 3. The maximum atomic E-state index is 8.96. The molecule has 66 valence electrons. The molecule has 0 spiro atoms. The van der Waals surface area contributed by atoms with Crippen molar-refractivity contribution in [1.29, 1.82) is 0 Å². The van der Waals surface area contributed by atoms with Crippen LogP contribution in [0.3, 0.4) is 0 Å². The average molecular weight is 158 g/mol. The molecule has 0 bridgehead atoms. The summed E-state index contributed by atoms with van der Waals surface area (Å²) in [6.45, 7) is 1.89. The molecule has 2 unspecified atom stereocenters. The van der Waals surface area contributed by atoms with Crippen LogP contribution in [0.2, 0.25) is 0 Å². The van der Waals surface area contributed by atoms with Crippen LogP contribution in [0.25, 0.3) is 0 Å². The summed E-state index contributed by atoms with van der Waals surface area (Å²) in [5.74, 6) is 0.260. The van der Waals surface area contributed by atoms with Crippen molar-refractivity contribution in [3.05, 3.63) is 0 Å². The van der Waals surface area contributed by atoms with Crippen molar-refractivity contribution < 1.29 is 5.11 Å². The minimum Gasteiger partial charge on any atom is -0.396 e. The minimum absolute atomic E-state index is 0.216. The first-order valence-corrected chi connectivity index (χ1v) is 4.42. The van der Waals surface area contributed by atoms with Crippen molar-refractivity contribution >= 4 is 0 Å². The van der Waals surface area contributed by atoms with Crippen LogP contribution in [0, 0.1) is 5.92 Å². The molecular formula is C8H18N2O. The summed E-state index contributed by atoms with van der Waals surface area (Å²) >= 11 is 0. The van der Waals surface area contributed by atoms with Crippen LogP contribution in [0.4, 0.5) is 0 Å². The summed E-state index contributed by atoms with van der Waals surface area (Å²) in [5, 5.41) is 12.3. The molecule has 1 heterocycles. The van der Waals surface area contributed by atoms with Crippen molar-refractivity contribution in [1.82, 2.24) is 5.32 Å². The highest BCUT2D eigenvalue weighted by molar-refractivity contribution is 4.79. The first kappa shape index (κ1) is 8.97. The smallest absolute Gasteiger partial charge is 0.0486 e. The van der Waals surface area contributed by atoms with E-state index in [0.717, 1.165) is 6.54 Å². The fraction of sp³-hybridized carbons (Fsp3) is 1.00. The van der Waals surface area contributed by atoms with E-state index in [0.29, 0.717) is 12.6 Å². The Labute approximate surface area is 68.0 Å². The molecule has 0 aliphatic carbocycles. The van der Waals surface area contributed by atoms with Crippen molar-refractivity contribution in [2.45, 2.75) is 25.3 Å². The maximum absolute atomic E-state index is 8.96. The fourth-order valence-electron chi connectivity index (χ4n) is 1.65. The van der Waals surface area contributed by atoms with Crippen LogP contribution in [0.5, 0.6) is 0 Å². The Morgan fingerprint density at radius 3 is 2.82 bits per heavy atom. The third kappa shape index (κ3) is 2.43. The van der Waals surface area contributed by atoms with Gasteiger partial charge in [0, 0.05) is 18.6 Å². The lowest BCUT2D eigenvalue weighted by molar-refractivity contribution is 0.178. The molecule has 11 heavy (non-hydrogen) atoms. The van der Waals surface area contributed by atoms with Gasteiger partial charge in [0.1, 0.15) is 0 Å². The molecule has 0 aromatic heterocycles. The van der Waals surface area contributed by atoms with E-state index in [1.165, 1.54) is 19.3 Å². The van der Waals surface area contributed by atoms with E-state index in [9.17, 15) is 0 Å². The van der Waals surface area contributed by atoms with E-state index in [4.69, 9.17) is 10.8 Å². The zero-order chi connectivity index (χ0) is 8.10. The van der Waals surface area contributed by atoms with Gasteiger partial charge in [-0.1, -0.05) is 6.42 Å². The first-order valence-electron chi connectivity index (χ1n) is 4.42. The van der Waals surface area contributed by atoms with Crippen LogP contribution in [0.1, 0.15) is 19.3 Å². The van der Waals surface area contributed by atoms with Gasteiger partial charge in [0.15, 0.2) is 0 Å². The second-order valence-corrected chi connectivity index (χ2v) is 3.23. The molecule has 3 heteroatoms. The molecule has 0 radical (unpaired) electrons. The number of piperidine rings is 1. The van der Waals surface area contributed by atoms with Gasteiger partial charge < -0.3 is 16.2 Å². The third-order valence-electron chi connectivity index (χ3n) is 2.45. The van der Waals surface area contributed by atoms with Gasteiger partial charge in [0.2, 0.25) is 0 Å².